The Labute approximate surface area is 129 Å². The molecule has 2 fully saturated rings. The van der Waals surface area contributed by atoms with Gasteiger partial charge in [0.2, 0.25) is 0 Å². The molecule has 21 heavy (non-hydrogen) atoms. The summed E-state index contributed by atoms with van der Waals surface area (Å²) in [6.07, 6.45) is 5.46. The van der Waals surface area contributed by atoms with Crippen molar-refractivity contribution in [1.82, 2.24) is 13.9 Å². The lowest BCUT2D eigenvalue weighted by molar-refractivity contribution is 0.141. The molecule has 1 N–H and O–H groups in total. The molecule has 1 saturated carbocycles. The summed E-state index contributed by atoms with van der Waals surface area (Å²) in [6.45, 7) is 3.69. The van der Waals surface area contributed by atoms with Gasteiger partial charge in [0.25, 0.3) is 10.2 Å². The van der Waals surface area contributed by atoms with E-state index in [0.717, 1.165) is 25.8 Å². The smallest absolute Gasteiger partial charge is 0.282 e. The van der Waals surface area contributed by atoms with Gasteiger partial charge >= 0.3 is 0 Å². The maximum Gasteiger partial charge on any atom is 0.282 e. The Bertz CT molecular complexity index is 425. The van der Waals surface area contributed by atoms with Crippen LogP contribution in [0.5, 0.6) is 0 Å². The van der Waals surface area contributed by atoms with Crippen LogP contribution in [0.25, 0.3) is 0 Å². The maximum atomic E-state index is 12.8. The fourth-order valence-corrected chi connectivity index (χ4v) is 4.57. The zero-order valence-electron chi connectivity index (χ0n) is 13.4. The fourth-order valence-electron chi connectivity index (χ4n) is 2.81. The van der Waals surface area contributed by atoms with E-state index in [1.807, 2.05) is 6.92 Å². The molecule has 124 valence electrons. The Balaban J connectivity index is 2.02. The molecule has 0 aromatic carbocycles. The Morgan fingerprint density at radius 1 is 1.33 bits per heavy atom. The second-order valence-corrected chi connectivity index (χ2v) is 8.21. The van der Waals surface area contributed by atoms with Gasteiger partial charge in [-0.3, -0.25) is 0 Å². The summed E-state index contributed by atoms with van der Waals surface area (Å²) >= 11 is 0. The first kappa shape index (κ1) is 17.1. The van der Waals surface area contributed by atoms with Gasteiger partial charge in [-0.25, -0.2) is 0 Å². The van der Waals surface area contributed by atoms with E-state index in [1.165, 1.54) is 17.1 Å². The average Bonchev–Trinajstić information content (AvgIpc) is 3.29. The first-order chi connectivity index (χ1) is 9.96. The van der Waals surface area contributed by atoms with Crippen molar-refractivity contribution >= 4 is 10.2 Å². The highest BCUT2D eigenvalue weighted by Crippen LogP contribution is 2.24. The van der Waals surface area contributed by atoms with Crippen LogP contribution in [0.15, 0.2) is 0 Å². The molecule has 0 amide bonds. The standard InChI is InChI=1S/C14H29N3O3S/c1-12(11-20-3)16(2)21(18,19)17-9-5-4-6-14(17)10-15-13-7-8-13/h12-15H,4-11H2,1-3H3. The predicted molar refractivity (Wildman–Crippen MR) is 83.4 cm³/mol. The second-order valence-electron chi connectivity index (χ2n) is 6.27. The van der Waals surface area contributed by atoms with Gasteiger partial charge in [-0.15, -0.1) is 0 Å². The van der Waals surface area contributed by atoms with Crippen molar-refractivity contribution in [2.75, 3.05) is 33.9 Å². The summed E-state index contributed by atoms with van der Waals surface area (Å²) in [4.78, 5) is 0. The van der Waals surface area contributed by atoms with Crippen molar-refractivity contribution in [3.05, 3.63) is 0 Å². The van der Waals surface area contributed by atoms with Gasteiger partial charge in [-0.05, 0) is 32.6 Å². The number of piperidine rings is 1. The molecule has 2 unspecified atom stereocenters. The van der Waals surface area contributed by atoms with Gasteiger partial charge in [0, 0.05) is 45.4 Å². The minimum Gasteiger partial charge on any atom is -0.383 e. The number of hydrogen-bond acceptors (Lipinski definition) is 4. The summed E-state index contributed by atoms with van der Waals surface area (Å²) < 4.78 is 33.9. The largest absolute Gasteiger partial charge is 0.383 e. The van der Waals surface area contributed by atoms with Gasteiger partial charge < -0.3 is 10.1 Å². The highest BCUT2D eigenvalue weighted by Gasteiger charge is 2.37. The Kier molecular flexibility index (Phi) is 6.02. The van der Waals surface area contributed by atoms with Gasteiger partial charge in [0.15, 0.2) is 0 Å². The molecule has 0 spiro atoms. The monoisotopic (exact) mass is 319 g/mol. The first-order valence-corrected chi connectivity index (χ1v) is 9.33. The van der Waals surface area contributed by atoms with Crippen LogP contribution in [0.2, 0.25) is 0 Å². The van der Waals surface area contributed by atoms with Crippen molar-refractivity contribution in [3.63, 3.8) is 0 Å². The lowest BCUT2D eigenvalue weighted by atomic mass is 10.1. The maximum absolute atomic E-state index is 12.8. The molecule has 0 radical (unpaired) electrons. The summed E-state index contributed by atoms with van der Waals surface area (Å²) in [7, 11) is -0.164. The minimum atomic E-state index is -3.41. The molecule has 2 atom stereocenters. The van der Waals surface area contributed by atoms with Crippen LogP contribution in [-0.4, -0.2) is 69.0 Å². The molecule has 0 bridgehead atoms. The van der Waals surface area contributed by atoms with E-state index in [-0.39, 0.29) is 12.1 Å². The quantitative estimate of drug-likeness (QED) is 0.719. The summed E-state index contributed by atoms with van der Waals surface area (Å²) in [6, 6.07) is 0.544. The number of nitrogens with one attached hydrogen (secondary N) is 1. The number of methoxy groups -OCH3 is 1. The van der Waals surface area contributed by atoms with Crippen molar-refractivity contribution in [1.29, 1.82) is 0 Å². The highest BCUT2D eigenvalue weighted by atomic mass is 32.2. The van der Waals surface area contributed by atoms with Crippen LogP contribution in [0, 0.1) is 0 Å². The topological polar surface area (TPSA) is 61.9 Å². The zero-order chi connectivity index (χ0) is 15.5. The summed E-state index contributed by atoms with van der Waals surface area (Å²) in [5.41, 5.74) is 0. The normalized spacial score (nSPS) is 26.2. The minimum absolute atomic E-state index is 0.0848. The summed E-state index contributed by atoms with van der Waals surface area (Å²) in [5.74, 6) is 0. The van der Waals surface area contributed by atoms with Crippen LogP contribution in [-0.2, 0) is 14.9 Å². The van der Waals surface area contributed by atoms with E-state index < -0.39 is 10.2 Å². The van der Waals surface area contributed by atoms with E-state index in [9.17, 15) is 8.42 Å². The van der Waals surface area contributed by atoms with Crippen LogP contribution in [0.3, 0.4) is 0 Å². The number of ether oxygens (including phenoxy) is 1. The lowest BCUT2D eigenvalue weighted by Crippen LogP contribution is -2.54. The van der Waals surface area contributed by atoms with E-state index in [2.05, 4.69) is 5.32 Å². The molecule has 1 heterocycles. The molecule has 7 heteroatoms. The molecule has 6 nitrogen and oxygen atoms in total. The Morgan fingerprint density at radius 3 is 2.67 bits per heavy atom. The first-order valence-electron chi connectivity index (χ1n) is 7.94. The third-order valence-electron chi connectivity index (χ3n) is 4.48. The Hall–Kier alpha value is -0.210. The fraction of sp³-hybridized carbons (Fsp3) is 1.00. The number of rotatable bonds is 8. The zero-order valence-corrected chi connectivity index (χ0v) is 14.2. The van der Waals surface area contributed by atoms with Gasteiger partial charge in [0.05, 0.1) is 6.61 Å². The molecule has 0 aromatic heterocycles. The number of nitrogens with zero attached hydrogens (tertiary/aromatic N) is 2. The molecule has 2 aliphatic rings. The number of hydrogen-bond donors (Lipinski definition) is 1. The van der Waals surface area contributed by atoms with E-state index in [4.69, 9.17) is 4.74 Å². The molecule has 0 aromatic rings. The van der Waals surface area contributed by atoms with Gasteiger partial charge in [-0.1, -0.05) is 6.42 Å². The van der Waals surface area contributed by atoms with Crippen molar-refractivity contribution in [3.8, 4) is 0 Å². The predicted octanol–water partition coefficient (Wildman–Crippen LogP) is 0.804. The SMILES string of the molecule is COCC(C)N(C)S(=O)(=O)N1CCCCC1CNC1CC1. The molecule has 1 aliphatic heterocycles. The van der Waals surface area contributed by atoms with E-state index in [0.29, 0.717) is 19.2 Å². The summed E-state index contributed by atoms with van der Waals surface area (Å²) in [5, 5.41) is 3.47. The second kappa shape index (κ2) is 7.37. The third kappa shape index (κ3) is 4.39. The highest BCUT2D eigenvalue weighted by molar-refractivity contribution is 7.86. The molecule has 1 saturated heterocycles. The molecule has 2 rings (SSSR count). The van der Waals surface area contributed by atoms with Crippen LogP contribution in [0.1, 0.15) is 39.0 Å². The molecule has 1 aliphatic carbocycles. The van der Waals surface area contributed by atoms with Gasteiger partial charge in [-0.2, -0.15) is 17.0 Å². The average molecular weight is 319 g/mol. The van der Waals surface area contributed by atoms with Gasteiger partial charge in [0.1, 0.15) is 0 Å². The van der Waals surface area contributed by atoms with Crippen LogP contribution in [0.4, 0.5) is 0 Å². The van der Waals surface area contributed by atoms with Crippen molar-refractivity contribution in [2.24, 2.45) is 0 Å². The third-order valence-corrected chi connectivity index (χ3v) is 6.64. The Morgan fingerprint density at radius 2 is 2.05 bits per heavy atom. The van der Waals surface area contributed by atoms with E-state index >= 15 is 0 Å². The molecular weight excluding hydrogens is 290 g/mol. The number of likely N-dealkylation sites (N-methyl/N-ethyl adjacent to an activating group) is 1. The van der Waals surface area contributed by atoms with Crippen molar-refractivity contribution in [2.45, 2.75) is 57.2 Å². The van der Waals surface area contributed by atoms with Crippen LogP contribution >= 0.6 is 0 Å². The van der Waals surface area contributed by atoms with Crippen molar-refractivity contribution < 1.29 is 13.2 Å². The van der Waals surface area contributed by atoms with E-state index in [1.54, 1.807) is 18.5 Å². The molecular formula is C14H29N3O3S. The lowest BCUT2D eigenvalue weighted by Gasteiger charge is -2.38. The van der Waals surface area contributed by atoms with Crippen LogP contribution < -0.4 is 5.32 Å².